The second kappa shape index (κ2) is 11.8. The minimum Gasteiger partial charge on any atom is -0.466 e. The fourth-order valence-corrected chi connectivity index (χ4v) is 4.40. The molecule has 0 aromatic heterocycles. The van der Waals surface area contributed by atoms with Crippen molar-refractivity contribution in [3.8, 4) is 0 Å². The third kappa shape index (κ3) is 6.18. The van der Waals surface area contributed by atoms with E-state index in [-0.39, 0.29) is 16.7 Å². The highest BCUT2D eigenvalue weighted by molar-refractivity contribution is 5.94. The molecule has 0 amide bonds. The number of rotatable bonds is 7. The van der Waals surface area contributed by atoms with Crippen LogP contribution in [-0.2, 0) is 52.4 Å². The van der Waals surface area contributed by atoms with Crippen LogP contribution in [0, 0.1) is 5.92 Å². The van der Waals surface area contributed by atoms with Crippen LogP contribution >= 0.6 is 0 Å². The molecule has 0 unspecified atom stereocenters. The number of epoxide rings is 1. The Morgan fingerprint density at radius 3 is 2.38 bits per heavy atom. The van der Waals surface area contributed by atoms with Gasteiger partial charge in [-0.15, -0.1) is 0 Å². The normalized spacial score (nSPS) is 32.8. The molecule has 3 aliphatic rings. The summed E-state index contributed by atoms with van der Waals surface area (Å²) in [6.45, 7) is 12.1. The van der Waals surface area contributed by atoms with Crippen molar-refractivity contribution in [1.82, 2.24) is 0 Å². The number of hydrogen-bond acceptors (Lipinski definition) is 12. The maximum atomic E-state index is 13.4. The summed E-state index contributed by atoms with van der Waals surface area (Å²) in [7, 11) is 1.12. The highest BCUT2D eigenvalue weighted by atomic mass is 16.6. The first-order chi connectivity index (χ1) is 18.6. The molecule has 2 aliphatic heterocycles. The Morgan fingerprint density at radius 1 is 1.15 bits per heavy atom. The molecule has 0 saturated carbocycles. The average molecular weight is 563 g/mol. The third-order valence-corrected chi connectivity index (χ3v) is 7.17. The number of ether oxygens (including phenoxy) is 6. The largest absolute Gasteiger partial charge is 0.466 e. The Morgan fingerprint density at radius 2 is 1.80 bits per heavy atom. The molecule has 0 aromatic carbocycles. The van der Waals surface area contributed by atoms with Crippen LogP contribution in [0.25, 0.3) is 0 Å². The van der Waals surface area contributed by atoms with Gasteiger partial charge in [-0.25, -0.2) is 19.2 Å². The van der Waals surface area contributed by atoms with Gasteiger partial charge in [0.25, 0.3) is 0 Å². The molecule has 12 heteroatoms. The Hall–Kier alpha value is -3.77. The molecule has 40 heavy (non-hydrogen) atoms. The minimum atomic E-state index is -2.39. The number of carbonyl (C=O) groups excluding carboxylic acids is 5. The summed E-state index contributed by atoms with van der Waals surface area (Å²) in [6, 6.07) is 0. The summed E-state index contributed by atoms with van der Waals surface area (Å²) in [6.07, 6.45) is -2.29. The zero-order valence-electron chi connectivity index (χ0n) is 23.4. The van der Waals surface area contributed by atoms with E-state index < -0.39 is 78.0 Å². The van der Waals surface area contributed by atoms with Crippen LogP contribution in [0.2, 0.25) is 0 Å². The molecule has 3 rings (SSSR count). The predicted molar refractivity (Wildman–Crippen MR) is 136 cm³/mol. The molecular weight excluding hydrogens is 528 g/mol. The molecule has 12 nitrogen and oxygen atoms in total. The van der Waals surface area contributed by atoms with E-state index in [2.05, 4.69) is 6.58 Å². The number of methoxy groups -OCH3 is 1. The van der Waals surface area contributed by atoms with Crippen molar-refractivity contribution in [2.75, 3.05) is 7.11 Å². The lowest BCUT2D eigenvalue weighted by Crippen LogP contribution is -2.53. The van der Waals surface area contributed by atoms with Crippen molar-refractivity contribution in [3.63, 3.8) is 0 Å². The molecule has 2 heterocycles. The second-order valence-electron chi connectivity index (χ2n) is 10.0. The summed E-state index contributed by atoms with van der Waals surface area (Å²) >= 11 is 0. The van der Waals surface area contributed by atoms with E-state index in [1.807, 2.05) is 0 Å². The van der Waals surface area contributed by atoms with Crippen molar-refractivity contribution in [2.24, 2.45) is 5.92 Å². The van der Waals surface area contributed by atoms with Crippen molar-refractivity contribution in [2.45, 2.75) is 83.8 Å². The summed E-state index contributed by atoms with van der Waals surface area (Å²) < 4.78 is 32.7. The first kappa shape index (κ1) is 30.8. The van der Waals surface area contributed by atoms with E-state index in [0.29, 0.717) is 5.57 Å². The van der Waals surface area contributed by atoms with Gasteiger partial charge in [-0.1, -0.05) is 12.7 Å². The van der Waals surface area contributed by atoms with Crippen LogP contribution in [0.3, 0.4) is 0 Å². The number of allylic oxidation sites excluding steroid dienone is 1. The number of fused-ring (bicyclic) bond motifs is 2. The van der Waals surface area contributed by atoms with E-state index >= 15 is 0 Å². The van der Waals surface area contributed by atoms with Crippen molar-refractivity contribution >= 4 is 29.8 Å². The van der Waals surface area contributed by atoms with E-state index in [9.17, 15) is 29.1 Å². The first-order valence-corrected chi connectivity index (χ1v) is 12.6. The third-order valence-electron chi connectivity index (χ3n) is 7.17. The number of hydrogen-bond donors (Lipinski definition) is 1. The molecule has 0 aromatic rings. The zero-order chi connectivity index (χ0) is 30.1. The quantitative estimate of drug-likeness (QED) is 0.156. The van der Waals surface area contributed by atoms with Gasteiger partial charge in [-0.3, -0.25) is 4.79 Å². The fourth-order valence-electron chi connectivity index (χ4n) is 4.40. The van der Waals surface area contributed by atoms with Crippen LogP contribution in [0.5, 0.6) is 0 Å². The number of esters is 5. The van der Waals surface area contributed by atoms with E-state index in [1.54, 1.807) is 19.9 Å². The van der Waals surface area contributed by atoms with Gasteiger partial charge in [0.05, 0.1) is 18.6 Å². The SMILES string of the molecule is C=C1C(=O)O[C@@H]2/C=C(\C)[C@@H]3O[C@@H]3/C=C(/C(=O)OC)[C@H](OC(=O)/C(C)=C/C)[C@@H](OC(=O)[C@@](C)(O)[C@H](C)OC(C)=O)[C@H]12. The smallest absolute Gasteiger partial charge is 0.342 e. The monoisotopic (exact) mass is 562 g/mol. The molecule has 218 valence electrons. The van der Waals surface area contributed by atoms with Gasteiger partial charge >= 0.3 is 29.8 Å². The van der Waals surface area contributed by atoms with E-state index in [1.165, 1.54) is 26.0 Å². The Bertz CT molecular complexity index is 1210. The zero-order valence-corrected chi connectivity index (χ0v) is 23.4. The Kier molecular flexibility index (Phi) is 9.05. The van der Waals surface area contributed by atoms with Gasteiger partial charge in [0, 0.05) is 18.1 Å². The standard InChI is InChI=1S/C28H34O12/c1-9-12(2)24(30)39-22-17(26(32)35-8)11-19-21(37-19)13(3)10-18-20(14(4)25(31)38-18)23(22)40-27(33)28(7,34)15(5)36-16(6)29/h9-11,15,18-23,34H,4H2,1-3,5-8H3/b12-9+,13-10+,17-11+/t15-,18+,19+,20+,21-,22-,23-,28-/m0/s1. The molecule has 2 saturated heterocycles. The van der Waals surface area contributed by atoms with Crippen LogP contribution in [0.1, 0.15) is 41.5 Å². The molecule has 1 N–H and O–H groups in total. The van der Waals surface area contributed by atoms with E-state index in [4.69, 9.17) is 28.4 Å². The van der Waals surface area contributed by atoms with Gasteiger partial charge in [0.2, 0.25) is 0 Å². The lowest BCUT2D eigenvalue weighted by atomic mass is 9.83. The lowest BCUT2D eigenvalue weighted by Gasteiger charge is -2.36. The molecule has 0 bridgehead atoms. The van der Waals surface area contributed by atoms with Gasteiger partial charge in [-0.05, 0) is 52.3 Å². The average Bonchev–Trinajstić information content (AvgIpc) is 3.61. The fraction of sp³-hybridized carbons (Fsp3) is 0.536. The van der Waals surface area contributed by atoms with Crippen LogP contribution < -0.4 is 0 Å². The summed E-state index contributed by atoms with van der Waals surface area (Å²) in [4.78, 5) is 63.7. The highest BCUT2D eigenvalue weighted by Crippen LogP contribution is 2.41. The maximum absolute atomic E-state index is 13.4. The minimum absolute atomic E-state index is 0.124. The van der Waals surface area contributed by atoms with Gasteiger partial charge in [0.1, 0.15) is 24.4 Å². The van der Waals surface area contributed by atoms with Crippen molar-refractivity contribution < 1.29 is 57.5 Å². The Labute approximate surface area is 231 Å². The van der Waals surface area contributed by atoms with Crippen molar-refractivity contribution in [1.29, 1.82) is 0 Å². The predicted octanol–water partition coefficient (Wildman–Crippen LogP) is 1.40. The molecule has 1 aliphatic carbocycles. The number of aliphatic hydroxyl groups is 1. The number of carbonyl (C=O) groups is 5. The van der Waals surface area contributed by atoms with E-state index in [0.717, 1.165) is 21.0 Å². The second-order valence-corrected chi connectivity index (χ2v) is 10.0. The lowest BCUT2D eigenvalue weighted by molar-refractivity contribution is -0.196. The molecule has 0 radical (unpaired) electrons. The first-order valence-electron chi connectivity index (χ1n) is 12.6. The summed E-state index contributed by atoms with van der Waals surface area (Å²) in [5.74, 6) is -5.78. The van der Waals surface area contributed by atoms with Crippen LogP contribution in [0.15, 0.2) is 47.1 Å². The Balaban J connectivity index is 2.21. The van der Waals surface area contributed by atoms with Gasteiger partial charge < -0.3 is 33.5 Å². The highest BCUT2D eigenvalue weighted by Gasteiger charge is 2.54. The summed E-state index contributed by atoms with van der Waals surface area (Å²) in [5, 5.41) is 11.0. The van der Waals surface area contributed by atoms with Gasteiger partial charge in [0.15, 0.2) is 17.8 Å². The molecule has 2 fully saturated rings. The van der Waals surface area contributed by atoms with Crippen LogP contribution in [0.4, 0.5) is 0 Å². The summed E-state index contributed by atoms with van der Waals surface area (Å²) in [5.41, 5.74) is -1.89. The molecule has 8 atom stereocenters. The van der Waals surface area contributed by atoms with Crippen LogP contribution in [-0.4, -0.2) is 84.3 Å². The van der Waals surface area contributed by atoms with Gasteiger partial charge in [-0.2, -0.15) is 0 Å². The molecular formula is C28H34O12. The maximum Gasteiger partial charge on any atom is 0.342 e. The molecule has 0 spiro atoms. The topological polar surface area (TPSA) is 164 Å². The van der Waals surface area contributed by atoms with Crippen molar-refractivity contribution in [3.05, 3.63) is 47.1 Å².